The summed E-state index contributed by atoms with van der Waals surface area (Å²) in [5.41, 5.74) is 1.66. The molecular formula is C15H13NO4S. The summed E-state index contributed by atoms with van der Waals surface area (Å²) in [5.74, 6) is 0.670. The van der Waals surface area contributed by atoms with Crippen LogP contribution in [0.25, 0.3) is 22.2 Å². The lowest BCUT2D eigenvalue weighted by Gasteiger charge is -2.04. The van der Waals surface area contributed by atoms with Gasteiger partial charge in [0.15, 0.2) is 0 Å². The number of benzene rings is 2. The number of fused-ring (bicyclic) bond motifs is 1. The number of hydrogen-bond donors (Lipinski definition) is 2. The van der Waals surface area contributed by atoms with Gasteiger partial charge < -0.3 is 9.72 Å². The minimum Gasteiger partial charge on any atom is -0.497 e. The van der Waals surface area contributed by atoms with Gasteiger partial charge in [0.2, 0.25) is 0 Å². The van der Waals surface area contributed by atoms with Gasteiger partial charge in [-0.2, -0.15) is 8.42 Å². The van der Waals surface area contributed by atoms with Crippen LogP contribution in [0.1, 0.15) is 0 Å². The number of hydrogen-bond acceptors (Lipinski definition) is 3. The summed E-state index contributed by atoms with van der Waals surface area (Å²) >= 11 is 0. The summed E-state index contributed by atoms with van der Waals surface area (Å²) in [6, 6.07) is 13.9. The number of methoxy groups -OCH3 is 1. The maximum atomic E-state index is 11.7. The molecule has 6 heteroatoms. The lowest BCUT2D eigenvalue weighted by Crippen LogP contribution is -1.99. The Hall–Kier alpha value is -2.31. The van der Waals surface area contributed by atoms with Crippen molar-refractivity contribution in [1.82, 2.24) is 4.98 Å². The fraction of sp³-hybridized carbons (Fsp3) is 0.0667. The second-order valence-corrected chi connectivity index (χ2v) is 5.94. The Bertz CT molecular complexity index is 895. The number of aromatic nitrogens is 1. The molecule has 1 heterocycles. The van der Waals surface area contributed by atoms with Gasteiger partial charge in [-0.1, -0.05) is 18.2 Å². The van der Waals surface area contributed by atoms with Crippen LogP contribution in [0.4, 0.5) is 0 Å². The van der Waals surface area contributed by atoms with Gasteiger partial charge in [-0.15, -0.1) is 0 Å². The maximum Gasteiger partial charge on any atom is 0.297 e. The molecule has 0 fully saturated rings. The highest BCUT2D eigenvalue weighted by molar-refractivity contribution is 7.86. The predicted octanol–water partition coefficient (Wildman–Crippen LogP) is 3.09. The van der Waals surface area contributed by atoms with Crippen LogP contribution in [-0.4, -0.2) is 25.1 Å². The van der Waals surface area contributed by atoms with E-state index in [2.05, 4.69) is 4.98 Å². The Morgan fingerprint density at radius 2 is 1.71 bits per heavy atom. The van der Waals surface area contributed by atoms with Crippen molar-refractivity contribution in [3.8, 4) is 17.0 Å². The first-order chi connectivity index (χ1) is 10.0. The zero-order valence-corrected chi connectivity index (χ0v) is 12.0. The van der Waals surface area contributed by atoms with Crippen molar-refractivity contribution >= 4 is 21.0 Å². The highest BCUT2D eigenvalue weighted by atomic mass is 32.2. The number of ether oxygens (including phenoxy) is 1. The van der Waals surface area contributed by atoms with Crippen molar-refractivity contribution in [3.63, 3.8) is 0 Å². The standard InChI is InChI=1S/C15H13NO4S/c1-20-11-8-6-10(7-9-11)14-15(21(17,18)19)12-4-2-3-5-13(12)16-14/h2-9,16H,1H3,(H,17,18,19). The maximum absolute atomic E-state index is 11.7. The van der Waals surface area contributed by atoms with Crippen LogP contribution in [0.2, 0.25) is 0 Å². The van der Waals surface area contributed by atoms with Gasteiger partial charge in [-0.3, -0.25) is 4.55 Å². The van der Waals surface area contributed by atoms with Gasteiger partial charge in [0, 0.05) is 10.9 Å². The Morgan fingerprint density at radius 3 is 2.33 bits per heavy atom. The molecule has 5 nitrogen and oxygen atoms in total. The molecular weight excluding hydrogens is 290 g/mol. The molecule has 1 aromatic heterocycles. The number of rotatable bonds is 3. The van der Waals surface area contributed by atoms with Gasteiger partial charge in [0.05, 0.1) is 12.8 Å². The van der Waals surface area contributed by atoms with E-state index in [-0.39, 0.29) is 4.90 Å². The summed E-state index contributed by atoms with van der Waals surface area (Å²) in [6.07, 6.45) is 0. The first-order valence-electron chi connectivity index (χ1n) is 6.23. The molecule has 3 aromatic rings. The minimum atomic E-state index is -4.34. The molecule has 0 aliphatic rings. The van der Waals surface area contributed by atoms with Gasteiger partial charge in [0.25, 0.3) is 10.1 Å². The summed E-state index contributed by atoms with van der Waals surface area (Å²) in [4.78, 5) is 2.94. The first-order valence-corrected chi connectivity index (χ1v) is 7.67. The van der Waals surface area contributed by atoms with Crippen molar-refractivity contribution < 1.29 is 17.7 Å². The van der Waals surface area contributed by atoms with Crippen molar-refractivity contribution in [3.05, 3.63) is 48.5 Å². The molecule has 0 aliphatic carbocycles. The SMILES string of the molecule is COc1ccc(-c2[nH]c3ccccc3c2S(=O)(=O)O)cc1. The molecule has 3 rings (SSSR count). The monoisotopic (exact) mass is 303 g/mol. The van der Waals surface area contributed by atoms with E-state index in [0.29, 0.717) is 27.9 Å². The average molecular weight is 303 g/mol. The van der Waals surface area contributed by atoms with Gasteiger partial charge in [-0.05, 0) is 35.9 Å². The number of nitrogens with one attached hydrogen (secondary N) is 1. The molecule has 0 radical (unpaired) electrons. The molecule has 0 saturated carbocycles. The second kappa shape index (κ2) is 4.91. The van der Waals surface area contributed by atoms with E-state index in [0.717, 1.165) is 0 Å². The summed E-state index contributed by atoms with van der Waals surface area (Å²) < 4.78 is 38.1. The molecule has 21 heavy (non-hydrogen) atoms. The quantitative estimate of drug-likeness (QED) is 0.729. The zero-order valence-electron chi connectivity index (χ0n) is 11.2. The normalized spacial score (nSPS) is 11.7. The Morgan fingerprint density at radius 1 is 1.05 bits per heavy atom. The Kier molecular flexibility index (Phi) is 3.19. The van der Waals surface area contributed by atoms with E-state index in [1.807, 2.05) is 0 Å². The molecule has 0 spiro atoms. The molecule has 2 N–H and O–H groups in total. The molecule has 0 atom stereocenters. The summed E-state index contributed by atoms with van der Waals surface area (Å²) in [5, 5.41) is 0.464. The van der Waals surface area contributed by atoms with Crippen LogP contribution < -0.4 is 4.74 Å². The highest BCUT2D eigenvalue weighted by Gasteiger charge is 2.22. The molecule has 0 aliphatic heterocycles. The molecule has 0 saturated heterocycles. The zero-order chi connectivity index (χ0) is 15.0. The summed E-state index contributed by atoms with van der Waals surface area (Å²) in [7, 11) is -2.79. The molecule has 0 bridgehead atoms. The van der Waals surface area contributed by atoms with Crippen molar-refractivity contribution in [2.24, 2.45) is 0 Å². The fourth-order valence-corrected chi connectivity index (χ4v) is 3.23. The lowest BCUT2D eigenvalue weighted by molar-refractivity contribution is 0.415. The smallest absolute Gasteiger partial charge is 0.297 e. The topological polar surface area (TPSA) is 79.4 Å². The lowest BCUT2D eigenvalue weighted by atomic mass is 10.1. The number of H-pyrrole nitrogens is 1. The minimum absolute atomic E-state index is 0.108. The van der Waals surface area contributed by atoms with E-state index >= 15 is 0 Å². The van der Waals surface area contributed by atoms with Crippen molar-refractivity contribution in [2.75, 3.05) is 7.11 Å². The predicted molar refractivity (Wildman–Crippen MR) is 80.1 cm³/mol. The van der Waals surface area contributed by atoms with Crippen molar-refractivity contribution in [1.29, 1.82) is 0 Å². The van der Waals surface area contributed by atoms with Crippen LogP contribution in [0.5, 0.6) is 5.75 Å². The van der Waals surface area contributed by atoms with Crippen LogP contribution >= 0.6 is 0 Å². The molecule has 2 aromatic carbocycles. The molecule has 0 unspecified atom stereocenters. The first kappa shape index (κ1) is 13.7. The third kappa shape index (κ3) is 2.39. The Balaban J connectivity index is 2.31. The number of aromatic amines is 1. The number of para-hydroxylation sites is 1. The third-order valence-corrected chi connectivity index (χ3v) is 4.24. The van der Waals surface area contributed by atoms with E-state index in [4.69, 9.17) is 4.74 Å². The largest absolute Gasteiger partial charge is 0.497 e. The van der Waals surface area contributed by atoms with E-state index in [1.54, 1.807) is 55.6 Å². The third-order valence-electron chi connectivity index (χ3n) is 3.30. The van der Waals surface area contributed by atoms with Crippen LogP contribution in [-0.2, 0) is 10.1 Å². The second-order valence-electron chi connectivity index (χ2n) is 4.58. The van der Waals surface area contributed by atoms with E-state index in [1.165, 1.54) is 0 Å². The van der Waals surface area contributed by atoms with Crippen LogP contribution in [0.15, 0.2) is 53.4 Å². The van der Waals surface area contributed by atoms with Crippen molar-refractivity contribution in [2.45, 2.75) is 4.90 Å². The van der Waals surface area contributed by atoms with E-state index < -0.39 is 10.1 Å². The summed E-state index contributed by atoms with van der Waals surface area (Å²) in [6.45, 7) is 0. The van der Waals surface area contributed by atoms with Crippen LogP contribution in [0, 0.1) is 0 Å². The molecule has 0 amide bonds. The van der Waals surface area contributed by atoms with Crippen LogP contribution in [0.3, 0.4) is 0 Å². The van der Waals surface area contributed by atoms with Gasteiger partial charge >= 0.3 is 0 Å². The average Bonchev–Trinajstić information content (AvgIpc) is 2.86. The Labute approximate surface area is 121 Å². The highest BCUT2D eigenvalue weighted by Crippen LogP contribution is 2.34. The van der Waals surface area contributed by atoms with E-state index in [9.17, 15) is 13.0 Å². The fourth-order valence-electron chi connectivity index (χ4n) is 2.35. The van der Waals surface area contributed by atoms with Gasteiger partial charge in [-0.25, -0.2) is 0 Å². The van der Waals surface area contributed by atoms with Gasteiger partial charge in [0.1, 0.15) is 10.6 Å². The molecule has 108 valence electrons.